The topological polar surface area (TPSA) is 73.4 Å². The Morgan fingerprint density at radius 3 is 1.29 bits per heavy atom. The number of carbonyl (C=O) groups is 2. The third kappa shape index (κ3) is 16.1. The van der Waals surface area contributed by atoms with Crippen LogP contribution in [0.3, 0.4) is 0 Å². The van der Waals surface area contributed by atoms with Crippen LogP contribution in [-0.2, 0) is 48.6 Å². The molecular formula is C40H69ClN4O4. The monoisotopic (exact) mass is 705 g/mol. The van der Waals surface area contributed by atoms with Crippen molar-refractivity contribution in [1.29, 1.82) is 0 Å². The Labute approximate surface area is 304 Å². The molecule has 0 saturated carbocycles. The molecule has 49 heavy (non-hydrogen) atoms. The Kier molecular flexibility index (Phi) is 21.0. The Hall–Kier alpha value is -2.29. The summed E-state index contributed by atoms with van der Waals surface area (Å²) in [6.07, 6.45) is 20.8. The van der Waals surface area contributed by atoms with Gasteiger partial charge in [0, 0.05) is 25.9 Å². The highest BCUT2D eigenvalue weighted by atomic mass is 35.5. The van der Waals surface area contributed by atoms with E-state index < -0.39 is 0 Å². The van der Waals surface area contributed by atoms with Gasteiger partial charge in [0.05, 0.1) is 26.2 Å². The number of rotatable bonds is 20. The van der Waals surface area contributed by atoms with Gasteiger partial charge in [0.15, 0.2) is 0 Å². The predicted octanol–water partition coefficient (Wildman–Crippen LogP) is 9.16. The highest BCUT2D eigenvalue weighted by molar-refractivity contribution is 5.85. The minimum atomic E-state index is 0. The largest absolute Gasteiger partial charge is 0.463 e. The van der Waals surface area contributed by atoms with E-state index in [1.54, 1.807) is 0 Å². The summed E-state index contributed by atoms with van der Waals surface area (Å²) in [5.74, 6) is 4.58. The van der Waals surface area contributed by atoms with Crippen molar-refractivity contribution in [3.8, 4) is 0 Å². The van der Waals surface area contributed by atoms with Crippen molar-refractivity contribution in [3.05, 3.63) is 46.3 Å². The fraction of sp³-hybridized carbons (Fsp3) is 0.750. The molecule has 2 aromatic heterocycles. The molecule has 0 N–H and O–H groups in total. The summed E-state index contributed by atoms with van der Waals surface area (Å²) in [6, 6.07) is 4.32. The predicted molar refractivity (Wildman–Crippen MR) is 203 cm³/mol. The maximum atomic E-state index is 12.4. The van der Waals surface area contributed by atoms with E-state index in [2.05, 4.69) is 35.8 Å². The van der Waals surface area contributed by atoms with Crippen LogP contribution in [0.5, 0.6) is 0 Å². The summed E-state index contributed by atoms with van der Waals surface area (Å²) >= 11 is 0. The fourth-order valence-corrected chi connectivity index (χ4v) is 6.75. The van der Waals surface area contributed by atoms with Crippen LogP contribution < -0.4 is 0 Å². The maximum absolute atomic E-state index is 12.4. The zero-order valence-electron chi connectivity index (χ0n) is 32.0. The number of amides is 2. The highest BCUT2D eigenvalue weighted by Gasteiger charge is 2.25. The van der Waals surface area contributed by atoms with Gasteiger partial charge in [-0.05, 0) is 77.1 Å². The zero-order valence-corrected chi connectivity index (χ0v) is 32.8. The quantitative estimate of drug-likeness (QED) is 0.128. The van der Waals surface area contributed by atoms with Crippen LogP contribution in [0.1, 0.15) is 151 Å². The Morgan fingerprint density at radius 2 is 0.939 bits per heavy atom. The number of nitrogens with zero attached hydrogens (tertiary/aromatic N) is 4. The van der Waals surface area contributed by atoms with Gasteiger partial charge in [0.1, 0.15) is 23.0 Å². The molecule has 2 aliphatic heterocycles. The first kappa shape index (κ1) is 42.9. The van der Waals surface area contributed by atoms with Crippen LogP contribution in [0, 0.1) is 0 Å². The van der Waals surface area contributed by atoms with E-state index in [1.165, 1.54) is 88.2 Å². The molecule has 4 rings (SSSR count). The van der Waals surface area contributed by atoms with E-state index in [-0.39, 0.29) is 12.4 Å². The first-order valence-corrected chi connectivity index (χ1v) is 19.3. The fourth-order valence-electron chi connectivity index (χ4n) is 6.75. The summed E-state index contributed by atoms with van der Waals surface area (Å²) in [7, 11) is 8.17. The molecule has 0 bridgehead atoms. The highest BCUT2D eigenvalue weighted by Crippen LogP contribution is 2.26. The lowest BCUT2D eigenvalue weighted by Gasteiger charge is -2.26. The van der Waals surface area contributed by atoms with Crippen LogP contribution in [0.25, 0.3) is 0 Å². The molecule has 9 heteroatoms. The third-order valence-corrected chi connectivity index (χ3v) is 9.50. The van der Waals surface area contributed by atoms with Gasteiger partial charge in [-0.3, -0.25) is 9.59 Å². The van der Waals surface area contributed by atoms with Gasteiger partial charge in [0.25, 0.3) is 0 Å². The van der Waals surface area contributed by atoms with Crippen molar-refractivity contribution < 1.29 is 18.4 Å². The molecular weight excluding hydrogens is 636 g/mol. The van der Waals surface area contributed by atoms with Gasteiger partial charge in [-0.25, -0.2) is 0 Å². The molecule has 0 spiro atoms. The zero-order chi connectivity index (χ0) is 34.7. The Bertz CT molecular complexity index is 1110. The number of unbranched alkanes of at least 4 members (excludes halogenated alkanes) is 12. The van der Waals surface area contributed by atoms with Crippen molar-refractivity contribution in [2.45, 2.75) is 156 Å². The van der Waals surface area contributed by atoms with E-state index in [0.717, 1.165) is 74.9 Å². The van der Waals surface area contributed by atoms with Crippen molar-refractivity contribution >= 4 is 24.2 Å². The SMILES string of the molecule is CCCCCCCCCC(=O)N1CCc2cc(CN(C)C)oc2C1.CCCCCCCCCC(=O)N1CCc2cc(CN(C)C)oc2C1.Cl. The van der Waals surface area contributed by atoms with Crippen LogP contribution in [0.4, 0.5) is 0 Å². The van der Waals surface area contributed by atoms with E-state index >= 15 is 0 Å². The lowest BCUT2D eigenvalue weighted by atomic mass is 10.1. The van der Waals surface area contributed by atoms with Gasteiger partial charge < -0.3 is 28.4 Å². The van der Waals surface area contributed by atoms with Crippen molar-refractivity contribution in [2.24, 2.45) is 0 Å². The molecule has 0 saturated heterocycles. The molecule has 280 valence electrons. The first-order valence-electron chi connectivity index (χ1n) is 19.3. The number of carbonyl (C=O) groups excluding carboxylic acids is 2. The lowest BCUT2D eigenvalue weighted by Crippen LogP contribution is -2.35. The van der Waals surface area contributed by atoms with Crippen LogP contribution in [-0.4, -0.2) is 72.7 Å². The third-order valence-electron chi connectivity index (χ3n) is 9.50. The molecule has 0 fully saturated rings. The molecule has 0 unspecified atom stereocenters. The summed E-state index contributed by atoms with van der Waals surface area (Å²) in [6.45, 7) is 9.09. The van der Waals surface area contributed by atoms with Crippen LogP contribution in [0.15, 0.2) is 21.0 Å². The number of fused-ring (bicyclic) bond motifs is 2. The number of halogens is 1. The summed E-state index contributed by atoms with van der Waals surface area (Å²) in [4.78, 5) is 33.0. The molecule has 2 aromatic rings. The summed E-state index contributed by atoms with van der Waals surface area (Å²) in [5, 5.41) is 0. The van der Waals surface area contributed by atoms with Gasteiger partial charge in [-0.2, -0.15) is 0 Å². The first-order chi connectivity index (χ1) is 23.2. The Morgan fingerprint density at radius 1 is 0.592 bits per heavy atom. The average Bonchev–Trinajstić information content (AvgIpc) is 3.65. The number of furan rings is 2. The van der Waals surface area contributed by atoms with Gasteiger partial charge >= 0.3 is 0 Å². The van der Waals surface area contributed by atoms with Gasteiger partial charge in [-0.15, -0.1) is 12.4 Å². The normalized spacial score (nSPS) is 14.0. The molecule has 8 nitrogen and oxygen atoms in total. The molecule has 2 amide bonds. The summed E-state index contributed by atoms with van der Waals surface area (Å²) in [5.41, 5.74) is 2.57. The minimum absolute atomic E-state index is 0. The molecule has 0 aliphatic carbocycles. The minimum Gasteiger partial charge on any atom is -0.463 e. The second-order valence-electron chi connectivity index (χ2n) is 14.7. The standard InChI is InChI=1S/2C20H34N2O2.ClH/c2*1-4-5-6-7-8-9-10-11-20(23)22-13-12-17-14-18(15-21(2)3)24-19(17)16-22;/h2*14H,4-13,15-16H2,1-3H3;1H. The van der Waals surface area contributed by atoms with E-state index in [0.29, 0.717) is 37.7 Å². The average molecular weight is 705 g/mol. The van der Waals surface area contributed by atoms with Crippen LogP contribution >= 0.6 is 12.4 Å². The van der Waals surface area contributed by atoms with Crippen molar-refractivity contribution in [2.75, 3.05) is 41.3 Å². The molecule has 4 heterocycles. The Balaban J connectivity index is 0.000000333. The number of hydrogen-bond acceptors (Lipinski definition) is 6. The van der Waals surface area contributed by atoms with E-state index in [1.807, 2.05) is 38.0 Å². The molecule has 0 radical (unpaired) electrons. The molecule has 2 aliphatic rings. The van der Waals surface area contributed by atoms with Gasteiger partial charge in [0.2, 0.25) is 11.8 Å². The van der Waals surface area contributed by atoms with Gasteiger partial charge in [-0.1, -0.05) is 90.9 Å². The van der Waals surface area contributed by atoms with Crippen molar-refractivity contribution in [1.82, 2.24) is 19.6 Å². The van der Waals surface area contributed by atoms with E-state index in [9.17, 15) is 9.59 Å². The number of hydrogen-bond donors (Lipinski definition) is 0. The molecule has 0 aromatic carbocycles. The molecule has 0 atom stereocenters. The summed E-state index contributed by atoms with van der Waals surface area (Å²) < 4.78 is 11.9. The van der Waals surface area contributed by atoms with E-state index in [4.69, 9.17) is 8.83 Å². The maximum Gasteiger partial charge on any atom is 0.222 e. The van der Waals surface area contributed by atoms with Crippen molar-refractivity contribution in [3.63, 3.8) is 0 Å². The second-order valence-corrected chi connectivity index (χ2v) is 14.7. The second kappa shape index (κ2) is 24.0. The van der Waals surface area contributed by atoms with Crippen LogP contribution in [0.2, 0.25) is 0 Å². The lowest BCUT2D eigenvalue weighted by molar-refractivity contribution is -0.133. The smallest absolute Gasteiger partial charge is 0.222 e.